The van der Waals surface area contributed by atoms with Gasteiger partial charge in [-0.2, -0.15) is 0 Å². The van der Waals surface area contributed by atoms with Crippen LogP contribution in [0.1, 0.15) is 25.0 Å². The number of rotatable bonds is 7. The van der Waals surface area contributed by atoms with Crippen molar-refractivity contribution >= 4 is 33.2 Å². The van der Waals surface area contributed by atoms with Crippen LogP contribution in [0.15, 0.2) is 76.4 Å². The molecule has 1 fully saturated rings. The molecule has 3 aromatic rings. The van der Waals surface area contributed by atoms with Crippen LogP contribution >= 0.6 is 0 Å². The molecule has 38 heavy (non-hydrogen) atoms. The lowest BCUT2D eigenvalue weighted by Crippen LogP contribution is -2.50. The van der Waals surface area contributed by atoms with Crippen LogP contribution in [0.5, 0.6) is 5.75 Å². The molecule has 11 heteroatoms. The molecule has 2 aliphatic rings. The summed E-state index contributed by atoms with van der Waals surface area (Å²) < 4.78 is 35.5. The summed E-state index contributed by atoms with van der Waals surface area (Å²) >= 11 is 0. The van der Waals surface area contributed by atoms with Gasteiger partial charge >= 0.3 is 0 Å². The van der Waals surface area contributed by atoms with Crippen molar-refractivity contribution in [1.82, 2.24) is 9.47 Å². The number of anilines is 2. The molecule has 10 nitrogen and oxygen atoms in total. The Bertz CT molecular complexity index is 1520. The minimum absolute atomic E-state index is 0.0251. The number of carbonyl (C=O) groups is 2. The molecule has 2 N–H and O–H groups in total. The second-order valence-corrected chi connectivity index (χ2v) is 11.3. The van der Waals surface area contributed by atoms with Gasteiger partial charge in [0, 0.05) is 43.9 Å². The van der Waals surface area contributed by atoms with Gasteiger partial charge in [-0.25, -0.2) is 8.42 Å². The summed E-state index contributed by atoms with van der Waals surface area (Å²) in [6.45, 7) is 2.69. The van der Waals surface area contributed by atoms with Crippen LogP contribution < -0.4 is 20.3 Å². The fraction of sp³-hybridized carbons (Fsp3) is 0.296. The molecule has 1 aromatic heterocycles. The Morgan fingerprint density at radius 1 is 0.974 bits per heavy atom. The third-order valence-corrected chi connectivity index (χ3v) is 8.17. The number of hydrogen-bond acceptors (Lipinski definition) is 6. The van der Waals surface area contributed by atoms with Crippen LogP contribution in [0.4, 0.5) is 11.4 Å². The molecule has 2 amide bonds. The highest BCUT2D eigenvalue weighted by Gasteiger charge is 2.37. The van der Waals surface area contributed by atoms with E-state index >= 15 is 0 Å². The summed E-state index contributed by atoms with van der Waals surface area (Å²) in [5.74, 6) is 0.316. The number of aromatic nitrogens is 1. The molecule has 0 radical (unpaired) electrons. The first-order valence-electron chi connectivity index (χ1n) is 12.3. The van der Waals surface area contributed by atoms with Crippen LogP contribution in [-0.2, 0) is 26.2 Å². The maximum atomic E-state index is 13.3. The first kappa shape index (κ1) is 25.5. The SMILES string of the molecule is CC(=O)Nc1ccc(S(=O)(=O)Nc2ccc3n(c2=O)CC2CC3CN(C(=O)COc3ccccc3)C2)cc1. The minimum Gasteiger partial charge on any atom is -0.484 e. The minimum atomic E-state index is -4.02. The summed E-state index contributed by atoms with van der Waals surface area (Å²) in [4.78, 5) is 39.1. The van der Waals surface area contributed by atoms with Gasteiger partial charge in [-0.15, -0.1) is 0 Å². The Balaban J connectivity index is 1.29. The van der Waals surface area contributed by atoms with Crippen LogP contribution in [-0.4, -0.2) is 49.4 Å². The molecule has 2 unspecified atom stereocenters. The molecule has 198 valence electrons. The first-order valence-corrected chi connectivity index (χ1v) is 13.8. The Kier molecular flexibility index (Phi) is 6.94. The highest BCUT2D eigenvalue weighted by molar-refractivity contribution is 7.92. The number of hydrogen-bond donors (Lipinski definition) is 2. The predicted molar refractivity (Wildman–Crippen MR) is 142 cm³/mol. The summed E-state index contributed by atoms with van der Waals surface area (Å²) in [7, 11) is -4.02. The van der Waals surface area contributed by atoms with Crippen molar-refractivity contribution in [3.8, 4) is 5.75 Å². The maximum absolute atomic E-state index is 13.3. The van der Waals surface area contributed by atoms with Gasteiger partial charge in [-0.05, 0) is 60.9 Å². The van der Waals surface area contributed by atoms with Gasteiger partial charge < -0.3 is 19.5 Å². The highest BCUT2D eigenvalue weighted by Crippen LogP contribution is 2.35. The molecule has 2 aromatic carbocycles. The molecule has 2 aliphatic heterocycles. The number of nitrogens with one attached hydrogen (secondary N) is 2. The van der Waals surface area contributed by atoms with E-state index < -0.39 is 15.6 Å². The number of pyridine rings is 1. The number of carbonyl (C=O) groups excluding carboxylic acids is 2. The number of amides is 2. The Hall–Kier alpha value is -4.12. The molecule has 5 rings (SSSR count). The lowest BCUT2D eigenvalue weighted by atomic mass is 9.83. The maximum Gasteiger partial charge on any atom is 0.275 e. The van der Waals surface area contributed by atoms with E-state index in [0.29, 0.717) is 31.1 Å². The second-order valence-electron chi connectivity index (χ2n) is 9.60. The molecule has 2 atom stereocenters. The van der Waals surface area contributed by atoms with Gasteiger partial charge in [0.05, 0.1) is 4.90 Å². The Morgan fingerprint density at radius 2 is 1.71 bits per heavy atom. The standard InChI is InChI=1S/C27H28N4O6S/c1-18(32)28-21-7-9-23(10-8-21)38(35,36)29-24-11-12-25-20-13-19(15-31(25)27(24)34)14-30(16-20)26(33)17-37-22-5-3-2-4-6-22/h2-12,19-20,29H,13-17H2,1H3,(H,28,32). The number of ether oxygens (including phenoxy) is 1. The van der Waals surface area contributed by atoms with E-state index in [1.54, 1.807) is 27.7 Å². The molecule has 0 aliphatic carbocycles. The second kappa shape index (κ2) is 10.3. The van der Waals surface area contributed by atoms with Gasteiger partial charge in [0.25, 0.3) is 21.5 Å². The van der Waals surface area contributed by atoms with Crippen LogP contribution in [0, 0.1) is 5.92 Å². The third-order valence-electron chi connectivity index (χ3n) is 6.79. The fourth-order valence-electron chi connectivity index (χ4n) is 5.10. The van der Waals surface area contributed by atoms with Gasteiger partial charge in [0.15, 0.2) is 6.61 Å². The van der Waals surface area contributed by atoms with Gasteiger partial charge in [0.2, 0.25) is 5.91 Å². The Labute approximate surface area is 220 Å². The topological polar surface area (TPSA) is 127 Å². The van der Waals surface area contributed by atoms with Crippen LogP contribution in [0.25, 0.3) is 0 Å². The normalized spacial score (nSPS) is 18.3. The van der Waals surface area contributed by atoms with Crippen molar-refractivity contribution < 1.29 is 22.7 Å². The number of para-hydroxylation sites is 1. The summed E-state index contributed by atoms with van der Waals surface area (Å²) in [5.41, 5.74) is 0.804. The van der Waals surface area contributed by atoms with Gasteiger partial charge in [0.1, 0.15) is 11.4 Å². The zero-order valence-corrected chi connectivity index (χ0v) is 21.6. The largest absolute Gasteiger partial charge is 0.484 e. The molecule has 2 bridgehead atoms. The monoisotopic (exact) mass is 536 g/mol. The number of benzene rings is 2. The van der Waals surface area contributed by atoms with E-state index in [9.17, 15) is 22.8 Å². The number of fused-ring (bicyclic) bond motifs is 4. The fourth-order valence-corrected chi connectivity index (χ4v) is 6.16. The first-order chi connectivity index (χ1) is 18.2. The number of piperidine rings is 1. The van der Waals surface area contributed by atoms with E-state index in [0.717, 1.165) is 12.1 Å². The van der Waals surface area contributed by atoms with Crippen molar-refractivity contribution in [1.29, 1.82) is 0 Å². The van der Waals surface area contributed by atoms with Crippen molar-refractivity contribution in [2.45, 2.75) is 30.7 Å². The number of sulfonamides is 1. The summed E-state index contributed by atoms with van der Waals surface area (Å²) in [6.07, 6.45) is 0.856. The summed E-state index contributed by atoms with van der Waals surface area (Å²) in [6, 6.07) is 18.1. The zero-order chi connectivity index (χ0) is 26.9. The predicted octanol–water partition coefficient (Wildman–Crippen LogP) is 2.63. The van der Waals surface area contributed by atoms with Gasteiger partial charge in [-0.1, -0.05) is 18.2 Å². The molecule has 0 spiro atoms. The van der Waals surface area contributed by atoms with E-state index in [4.69, 9.17) is 4.74 Å². The van der Waals surface area contributed by atoms with Gasteiger partial charge in [-0.3, -0.25) is 19.1 Å². The van der Waals surface area contributed by atoms with Crippen LogP contribution in [0.3, 0.4) is 0 Å². The third kappa shape index (κ3) is 5.42. The van der Waals surface area contributed by atoms with Crippen molar-refractivity contribution in [3.63, 3.8) is 0 Å². The van der Waals surface area contributed by atoms with Crippen molar-refractivity contribution in [2.24, 2.45) is 5.92 Å². The van der Waals surface area contributed by atoms with Crippen molar-refractivity contribution in [2.75, 3.05) is 29.7 Å². The molecule has 3 heterocycles. The number of likely N-dealkylation sites (tertiary alicyclic amines) is 1. The number of nitrogens with zero attached hydrogens (tertiary/aromatic N) is 2. The van der Waals surface area contributed by atoms with E-state index in [1.807, 2.05) is 18.2 Å². The quantitative estimate of drug-likeness (QED) is 0.478. The smallest absolute Gasteiger partial charge is 0.275 e. The van der Waals surface area contributed by atoms with E-state index in [2.05, 4.69) is 10.0 Å². The molecule has 1 saturated heterocycles. The van der Waals surface area contributed by atoms with E-state index in [-0.39, 0.29) is 40.8 Å². The Morgan fingerprint density at radius 3 is 2.42 bits per heavy atom. The molecular formula is C27H28N4O6S. The highest BCUT2D eigenvalue weighted by atomic mass is 32.2. The average molecular weight is 537 g/mol. The molecular weight excluding hydrogens is 508 g/mol. The average Bonchev–Trinajstić information content (AvgIpc) is 2.89. The lowest BCUT2D eigenvalue weighted by Gasteiger charge is -2.42. The molecule has 0 saturated carbocycles. The van der Waals surface area contributed by atoms with E-state index in [1.165, 1.54) is 37.3 Å². The van der Waals surface area contributed by atoms with Crippen molar-refractivity contribution in [3.05, 3.63) is 82.8 Å². The lowest BCUT2D eigenvalue weighted by molar-refractivity contribution is -0.136. The summed E-state index contributed by atoms with van der Waals surface area (Å²) in [5, 5.41) is 2.58. The van der Waals surface area contributed by atoms with Crippen LogP contribution in [0.2, 0.25) is 0 Å². The zero-order valence-electron chi connectivity index (χ0n) is 20.8.